The molecule has 1 aliphatic rings. The van der Waals surface area contributed by atoms with Crippen molar-refractivity contribution in [1.29, 1.82) is 0 Å². The quantitative estimate of drug-likeness (QED) is 0.238. The fraction of sp³-hybridized carbons (Fsp3) is 0.250. The number of nitrogens with zero attached hydrogens (tertiary/aromatic N) is 2. The number of hydrogen-bond acceptors (Lipinski definition) is 9. The Morgan fingerprint density at radius 1 is 1.18 bits per heavy atom. The van der Waals surface area contributed by atoms with Crippen molar-refractivity contribution in [2.45, 2.75) is 29.6 Å². The number of nitrogens with one attached hydrogen (secondary N) is 4. The molecule has 0 atom stereocenters. The number of fused-ring (bicyclic) bond motifs is 4. The summed E-state index contributed by atoms with van der Waals surface area (Å²) in [6, 6.07) is 7.70. The van der Waals surface area contributed by atoms with Gasteiger partial charge in [-0.2, -0.15) is 4.98 Å². The predicted molar refractivity (Wildman–Crippen MR) is 140 cm³/mol. The highest BCUT2D eigenvalue weighted by molar-refractivity contribution is 7.89. The Balaban J connectivity index is 1.49. The normalized spacial score (nSPS) is 14.9. The molecule has 2 aromatic carbocycles. The maximum absolute atomic E-state index is 14.0. The van der Waals surface area contributed by atoms with Crippen LogP contribution in [-0.2, 0) is 20.0 Å². The molecule has 0 unspecified atom stereocenters. The molecule has 0 radical (unpaired) electrons. The number of rotatable bonds is 4. The van der Waals surface area contributed by atoms with E-state index in [4.69, 9.17) is 0 Å². The number of sulfonamides is 2. The highest BCUT2D eigenvalue weighted by Crippen LogP contribution is 2.26. The van der Waals surface area contributed by atoms with E-state index >= 15 is 0 Å². The van der Waals surface area contributed by atoms with Gasteiger partial charge < -0.3 is 15.7 Å². The van der Waals surface area contributed by atoms with E-state index in [-0.39, 0.29) is 41.8 Å². The molecule has 0 saturated carbocycles. The molecule has 1 aliphatic heterocycles. The van der Waals surface area contributed by atoms with Crippen molar-refractivity contribution in [2.24, 2.45) is 0 Å². The van der Waals surface area contributed by atoms with Gasteiger partial charge in [-0.05, 0) is 37.1 Å². The van der Waals surface area contributed by atoms with Gasteiger partial charge in [0.1, 0.15) is 22.3 Å². The number of phenolic OH excluding ortho intramolecular Hbond substituents is 1. The molecule has 0 spiro atoms. The van der Waals surface area contributed by atoms with E-state index in [0.29, 0.717) is 29.9 Å². The Morgan fingerprint density at radius 2 is 2.00 bits per heavy atom. The average Bonchev–Trinajstić information content (AvgIpc) is 2.85. The number of anilines is 3. The molecule has 0 aliphatic carbocycles. The van der Waals surface area contributed by atoms with Crippen LogP contribution >= 0.6 is 0 Å². The first-order chi connectivity index (χ1) is 18.0. The lowest BCUT2D eigenvalue weighted by molar-refractivity contribution is 0.473. The molecule has 14 heteroatoms. The number of aromatic hydroxyl groups is 1. The standard InChI is InChI=1S/C24H25FN6O5S2/c1-16-6-7-21(25)22(11-16)38(35,36)29-9-3-2-5-17-15-27-24-30-18-12-19(32)14-20(13-18)37(33,34)28-10-4-8-26-23(17)31-24/h6-7,11-15,28-29,32H,3-4,8-10H2,1H3,(H2,26,27,30,31). The van der Waals surface area contributed by atoms with Gasteiger partial charge in [0.05, 0.1) is 16.7 Å². The number of hydrogen-bond donors (Lipinski definition) is 5. The van der Waals surface area contributed by atoms with Gasteiger partial charge in [-0.25, -0.2) is 35.7 Å². The van der Waals surface area contributed by atoms with Crippen LogP contribution in [0.15, 0.2) is 52.4 Å². The molecular formula is C24H25FN6O5S2. The van der Waals surface area contributed by atoms with Gasteiger partial charge in [0, 0.05) is 43.9 Å². The number of aromatic nitrogens is 2. The van der Waals surface area contributed by atoms with Crippen molar-refractivity contribution in [3.8, 4) is 17.6 Å². The Kier molecular flexibility index (Phi) is 8.12. The number of aryl methyl sites for hydroxylation is 1. The molecule has 11 nitrogen and oxygen atoms in total. The fourth-order valence-corrected chi connectivity index (χ4v) is 5.82. The minimum atomic E-state index is -4.03. The van der Waals surface area contributed by atoms with E-state index < -0.39 is 30.8 Å². The van der Waals surface area contributed by atoms with Crippen LogP contribution in [0.1, 0.15) is 24.0 Å². The van der Waals surface area contributed by atoms with Crippen molar-refractivity contribution in [1.82, 2.24) is 19.4 Å². The fourth-order valence-electron chi connectivity index (χ4n) is 3.49. The summed E-state index contributed by atoms with van der Waals surface area (Å²) >= 11 is 0. The predicted octanol–water partition coefficient (Wildman–Crippen LogP) is 2.19. The summed E-state index contributed by atoms with van der Waals surface area (Å²) in [6.07, 6.45) is 2.04. The number of halogens is 1. The average molecular weight is 561 g/mol. The van der Waals surface area contributed by atoms with Crippen LogP contribution in [0.5, 0.6) is 5.75 Å². The molecule has 2 heterocycles. The maximum Gasteiger partial charge on any atom is 0.243 e. The van der Waals surface area contributed by atoms with Crippen molar-refractivity contribution in [3.63, 3.8) is 0 Å². The summed E-state index contributed by atoms with van der Waals surface area (Å²) in [7, 11) is -7.86. The summed E-state index contributed by atoms with van der Waals surface area (Å²) in [4.78, 5) is 8.10. The third-order valence-electron chi connectivity index (χ3n) is 5.33. The van der Waals surface area contributed by atoms with Gasteiger partial charge in [0.15, 0.2) is 0 Å². The van der Waals surface area contributed by atoms with Crippen LogP contribution in [0.4, 0.5) is 21.8 Å². The Labute approximate surface area is 220 Å². The molecule has 0 saturated heterocycles. The largest absolute Gasteiger partial charge is 0.508 e. The summed E-state index contributed by atoms with van der Waals surface area (Å²) in [5.41, 5.74) is 1.33. The third kappa shape index (κ3) is 6.75. The van der Waals surface area contributed by atoms with E-state index in [1.165, 1.54) is 30.5 Å². The van der Waals surface area contributed by atoms with Crippen molar-refractivity contribution in [3.05, 3.63) is 59.5 Å². The Bertz CT molecular complexity index is 1640. The van der Waals surface area contributed by atoms with Crippen LogP contribution < -0.4 is 20.1 Å². The smallest absolute Gasteiger partial charge is 0.243 e. The number of phenols is 1. The van der Waals surface area contributed by atoms with Crippen LogP contribution in [-0.4, -0.2) is 51.5 Å². The van der Waals surface area contributed by atoms with Crippen LogP contribution in [0.2, 0.25) is 0 Å². The van der Waals surface area contributed by atoms with Crippen LogP contribution in [0.3, 0.4) is 0 Å². The van der Waals surface area contributed by atoms with Crippen molar-refractivity contribution < 1.29 is 26.3 Å². The molecule has 1 aromatic heterocycles. The summed E-state index contributed by atoms with van der Waals surface area (Å²) in [5.74, 6) is 5.21. The molecule has 5 N–H and O–H groups in total. The zero-order valence-electron chi connectivity index (χ0n) is 20.2. The first-order valence-corrected chi connectivity index (χ1v) is 14.5. The van der Waals surface area contributed by atoms with Gasteiger partial charge in [-0.15, -0.1) is 0 Å². The number of benzene rings is 2. The molecule has 38 heavy (non-hydrogen) atoms. The van der Waals surface area contributed by atoms with E-state index in [0.717, 1.165) is 12.1 Å². The first kappa shape index (κ1) is 27.3. The first-order valence-electron chi connectivity index (χ1n) is 11.5. The highest BCUT2D eigenvalue weighted by atomic mass is 32.2. The second-order valence-electron chi connectivity index (χ2n) is 8.36. The van der Waals surface area contributed by atoms with E-state index in [1.54, 1.807) is 6.92 Å². The molecule has 0 amide bonds. The topological polar surface area (TPSA) is 162 Å². The Hall–Kier alpha value is -3.77. The molecule has 4 bridgehead atoms. The minimum Gasteiger partial charge on any atom is -0.508 e. The van der Waals surface area contributed by atoms with Crippen LogP contribution in [0.25, 0.3) is 0 Å². The van der Waals surface area contributed by atoms with Gasteiger partial charge >= 0.3 is 0 Å². The molecule has 200 valence electrons. The van der Waals surface area contributed by atoms with Gasteiger partial charge in [-0.1, -0.05) is 17.9 Å². The van der Waals surface area contributed by atoms with Crippen molar-refractivity contribution in [2.75, 3.05) is 30.3 Å². The SMILES string of the molecule is Cc1ccc(F)c(S(=O)(=O)NCCC#Cc2cnc3nc2NCCCNS(=O)(=O)c2cc(O)cc(c2)N3)c1. The maximum atomic E-state index is 14.0. The zero-order valence-corrected chi connectivity index (χ0v) is 21.9. The van der Waals surface area contributed by atoms with E-state index in [9.17, 15) is 26.3 Å². The second-order valence-corrected chi connectivity index (χ2v) is 11.9. The monoisotopic (exact) mass is 560 g/mol. The molecular weight excluding hydrogens is 535 g/mol. The summed E-state index contributed by atoms with van der Waals surface area (Å²) in [5, 5.41) is 16.0. The van der Waals surface area contributed by atoms with Crippen LogP contribution in [0, 0.1) is 24.6 Å². The Morgan fingerprint density at radius 3 is 2.82 bits per heavy atom. The second kappa shape index (κ2) is 11.3. The lowest BCUT2D eigenvalue weighted by Crippen LogP contribution is -2.26. The van der Waals surface area contributed by atoms with Gasteiger partial charge in [0.25, 0.3) is 0 Å². The summed E-state index contributed by atoms with van der Waals surface area (Å²) in [6.45, 7) is 2.16. The van der Waals surface area contributed by atoms with Gasteiger partial charge in [0.2, 0.25) is 26.0 Å². The molecule has 4 rings (SSSR count). The molecule has 3 aromatic rings. The highest BCUT2D eigenvalue weighted by Gasteiger charge is 2.19. The minimum absolute atomic E-state index is 0.0358. The van der Waals surface area contributed by atoms with E-state index in [1.807, 2.05) is 0 Å². The summed E-state index contributed by atoms with van der Waals surface area (Å²) < 4.78 is 68.7. The zero-order chi connectivity index (χ0) is 27.3. The third-order valence-corrected chi connectivity index (χ3v) is 8.24. The van der Waals surface area contributed by atoms with Gasteiger partial charge in [-0.3, -0.25) is 0 Å². The molecule has 0 fully saturated rings. The lowest BCUT2D eigenvalue weighted by atomic mass is 10.2. The van der Waals surface area contributed by atoms with E-state index in [2.05, 4.69) is 41.9 Å². The lowest BCUT2D eigenvalue weighted by Gasteiger charge is -2.10. The van der Waals surface area contributed by atoms with Crippen molar-refractivity contribution >= 4 is 37.5 Å².